The predicted octanol–water partition coefficient (Wildman–Crippen LogP) is 1.49. The highest BCUT2D eigenvalue weighted by Crippen LogP contribution is 2.17. The Bertz CT molecular complexity index is 628. The molecule has 1 amide bonds. The zero-order valence-corrected chi connectivity index (χ0v) is 12.1. The summed E-state index contributed by atoms with van der Waals surface area (Å²) in [7, 11) is 0. The van der Waals surface area contributed by atoms with Gasteiger partial charge in [0.05, 0.1) is 0 Å². The molecule has 0 aromatic carbocycles. The van der Waals surface area contributed by atoms with Crippen LogP contribution < -0.4 is 4.90 Å². The Kier molecular flexibility index (Phi) is 3.96. The van der Waals surface area contributed by atoms with Gasteiger partial charge in [-0.25, -0.2) is 9.97 Å². The number of carbonyl (C=O) groups excluding carboxylic acids is 1. The van der Waals surface area contributed by atoms with Crippen molar-refractivity contribution in [2.24, 2.45) is 0 Å². The summed E-state index contributed by atoms with van der Waals surface area (Å²) >= 11 is 5.88. The molecule has 0 spiro atoms. The average Bonchev–Trinajstić information content (AvgIpc) is 2.55. The predicted molar refractivity (Wildman–Crippen MR) is 79.4 cm³/mol. The molecule has 3 rings (SSSR count). The summed E-state index contributed by atoms with van der Waals surface area (Å²) in [4.78, 5) is 28.3. The molecule has 0 saturated carbocycles. The maximum Gasteiger partial charge on any atom is 0.254 e. The zero-order chi connectivity index (χ0) is 14.7. The molecule has 1 saturated heterocycles. The van der Waals surface area contributed by atoms with Gasteiger partial charge in [0.2, 0.25) is 0 Å². The monoisotopic (exact) mass is 303 g/mol. The van der Waals surface area contributed by atoms with Crippen molar-refractivity contribution < 1.29 is 4.79 Å². The van der Waals surface area contributed by atoms with Crippen molar-refractivity contribution in [3.8, 4) is 0 Å². The van der Waals surface area contributed by atoms with E-state index in [1.54, 1.807) is 30.6 Å². The summed E-state index contributed by atoms with van der Waals surface area (Å²) in [6, 6.07) is 5.21. The number of hydrogen-bond acceptors (Lipinski definition) is 5. The second kappa shape index (κ2) is 6.05. The van der Waals surface area contributed by atoms with Crippen molar-refractivity contribution in [1.29, 1.82) is 0 Å². The fraction of sp³-hybridized carbons (Fsp3) is 0.286. The van der Waals surface area contributed by atoms with Crippen molar-refractivity contribution in [3.05, 3.63) is 47.6 Å². The minimum Gasteiger partial charge on any atom is -0.353 e. The third-order valence-corrected chi connectivity index (χ3v) is 3.64. The number of piperazine rings is 1. The highest BCUT2D eigenvalue weighted by atomic mass is 35.5. The van der Waals surface area contributed by atoms with Gasteiger partial charge in [0.15, 0.2) is 0 Å². The standard InChI is InChI=1S/C14H14ClN5O/c15-12-9-13(18-10-17-12)19-5-7-20(8-6-19)14(21)11-1-3-16-4-2-11/h1-4,9-10H,5-8H2. The molecule has 108 valence electrons. The number of amides is 1. The van der Waals surface area contributed by atoms with Crippen LogP contribution in [0, 0.1) is 0 Å². The van der Waals surface area contributed by atoms with E-state index in [0.717, 1.165) is 18.9 Å². The Morgan fingerprint density at radius 3 is 2.48 bits per heavy atom. The van der Waals surface area contributed by atoms with Crippen LogP contribution in [0.1, 0.15) is 10.4 Å². The van der Waals surface area contributed by atoms with Crippen LogP contribution >= 0.6 is 11.6 Å². The lowest BCUT2D eigenvalue weighted by Crippen LogP contribution is -2.49. The third kappa shape index (κ3) is 3.11. The van der Waals surface area contributed by atoms with Gasteiger partial charge in [0.1, 0.15) is 17.3 Å². The summed E-state index contributed by atoms with van der Waals surface area (Å²) in [6.45, 7) is 2.76. The highest BCUT2D eigenvalue weighted by Gasteiger charge is 2.22. The first-order valence-electron chi connectivity index (χ1n) is 6.66. The molecule has 0 unspecified atom stereocenters. The molecule has 21 heavy (non-hydrogen) atoms. The number of aromatic nitrogens is 3. The van der Waals surface area contributed by atoms with E-state index in [9.17, 15) is 4.79 Å². The fourth-order valence-electron chi connectivity index (χ4n) is 2.31. The van der Waals surface area contributed by atoms with Crippen molar-refractivity contribution >= 4 is 23.3 Å². The summed E-state index contributed by atoms with van der Waals surface area (Å²) < 4.78 is 0. The van der Waals surface area contributed by atoms with E-state index < -0.39 is 0 Å². The van der Waals surface area contributed by atoms with Crippen LogP contribution in [0.4, 0.5) is 5.82 Å². The molecular weight excluding hydrogens is 290 g/mol. The molecule has 6 nitrogen and oxygen atoms in total. The number of anilines is 1. The molecule has 2 aromatic rings. The molecule has 0 N–H and O–H groups in total. The Hall–Kier alpha value is -2.21. The lowest BCUT2D eigenvalue weighted by Gasteiger charge is -2.35. The van der Waals surface area contributed by atoms with Crippen LogP contribution in [0.5, 0.6) is 0 Å². The molecule has 1 aliphatic rings. The van der Waals surface area contributed by atoms with E-state index in [1.165, 1.54) is 6.33 Å². The molecular formula is C14H14ClN5O. The summed E-state index contributed by atoms with van der Waals surface area (Å²) in [5.41, 5.74) is 0.670. The number of nitrogens with zero attached hydrogens (tertiary/aromatic N) is 5. The van der Waals surface area contributed by atoms with E-state index in [0.29, 0.717) is 23.8 Å². The molecule has 0 radical (unpaired) electrons. The van der Waals surface area contributed by atoms with Crippen LogP contribution in [-0.4, -0.2) is 51.9 Å². The molecule has 0 aliphatic carbocycles. The Labute approximate surface area is 127 Å². The smallest absolute Gasteiger partial charge is 0.254 e. The summed E-state index contributed by atoms with van der Waals surface area (Å²) in [5.74, 6) is 0.837. The maximum absolute atomic E-state index is 12.3. The Morgan fingerprint density at radius 2 is 1.81 bits per heavy atom. The minimum atomic E-state index is 0.0396. The second-order valence-electron chi connectivity index (χ2n) is 4.71. The van der Waals surface area contributed by atoms with Crippen LogP contribution in [0.3, 0.4) is 0 Å². The number of pyridine rings is 1. The van der Waals surface area contributed by atoms with Gasteiger partial charge in [-0.15, -0.1) is 0 Å². The summed E-state index contributed by atoms with van der Waals surface area (Å²) in [6.07, 6.45) is 4.71. The quantitative estimate of drug-likeness (QED) is 0.787. The first-order valence-corrected chi connectivity index (χ1v) is 7.03. The highest BCUT2D eigenvalue weighted by molar-refractivity contribution is 6.29. The number of halogens is 1. The average molecular weight is 304 g/mol. The Morgan fingerprint density at radius 1 is 1.10 bits per heavy atom. The van der Waals surface area contributed by atoms with Gasteiger partial charge >= 0.3 is 0 Å². The minimum absolute atomic E-state index is 0.0396. The van der Waals surface area contributed by atoms with Gasteiger partial charge < -0.3 is 9.80 Å². The van der Waals surface area contributed by atoms with E-state index in [2.05, 4.69) is 19.9 Å². The second-order valence-corrected chi connectivity index (χ2v) is 5.10. The SMILES string of the molecule is O=C(c1ccncc1)N1CCN(c2cc(Cl)ncn2)CC1. The summed E-state index contributed by atoms with van der Waals surface area (Å²) in [5, 5.41) is 0.426. The van der Waals surface area contributed by atoms with E-state index in [4.69, 9.17) is 11.6 Å². The van der Waals surface area contributed by atoms with E-state index in [-0.39, 0.29) is 5.91 Å². The van der Waals surface area contributed by atoms with Gasteiger partial charge in [-0.3, -0.25) is 9.78 Å². The molecule has 2 aromatic heterocycles. The van der Waals surface area contributed by atoms with Crippen molar-refractivity contribution in [1.82, 2.24) is 19.9 Å². The van der Waals surface area contributed by atoms with Gasteiger partial charge in [0, 0.05) is 50.2 Å². The Balaban J connectivity index is 1.64. The molecule has 0 atom stereocenters. The van der Waals surface area contributed by atoms with Crippen molar-refractivity contribution in [2.75, 3.05) is 31.1 Å². The largest absolute Gasteiger partial charge is 0.353 e. The molecule has 3 heterocycles. The number of hydrogen-bond donors (Lipinski definition) is 0. The van der Waals surface area contributed by atoms with E-state index in [1.807, 2.05) is 4.90 Å². The molecule has 0 bridgehead atoms. The van der Waals surface area contributed by atoms with Crippen LogP contribution in [0.2, 0.25) is 5.15 Å². The topological polar surface area (TPSA) is 62.2 Å². The van der Waals surface area contributed by atoms with Crippen LogP contribution in [0.15, 0.2) is 36.9 Å². The van der Waals surface area contributed by atoms with Gasteiger partial charge in [0.25, 0.3) is 5.91 Å². The number of rotatable bonds is 2. The van der Waals surface area contributed by atoms with Crippen LogP contribution in [0.25, 0.3) is 0 Å². The molecule has 1 fully saturated rings. The fourth-order valence-corrected chi connectivity index (χ4v) is 2.45. The molecule has 7 heteroatoms. The third-order valence-electron chi connectivity index (χ3n) is 3.44. The van der Waals surface area contributed by atoms with Gasteiger partial charge in [-0.05, 0) is 12.1 Å². The molecule has 1 aliphatic heterocycles. The van der Waals surface area contributed by atoms with Crippen molar-refractivity contribution in [3.63, 3.8) is 0 Å². The van der Waals surface area contributed by atoms with E-state index >= 15 is 0 Å². The van der Waals surface area contributed by atoms with Crippen LogP contribution in [-0.2, 0) is 0 Å². The lowest BCUT2D eigenvalue weighted by molar-refractivity contribution is 0.0746. The number of carbonyl (C=O) groups is 1. The van der Waals surface area contributed by atoms with Gasteiger partial charge in [-0.2, -0.15) is 0 Å². The van der Waals surface area contributed by atoms with Crippen molar-refractivity contribution in [2.45, 2.75) is 0 Å². The lowest BCUT2D eigenvalue weighted by atomic mass is 10.2. The first kappa shape index (κ1) is 13.8. The first-order chi connectivity index (χ1) is 10.2. The van der Waals surface area contributed by atoms with Gasteiger partial charge in [-0.1, -0.05) is 11.6 Å². The normalized spacial score (nSPS) is 15.1. The zero-order valence-electron chi connectivity index (χ0n) is 11.3. The maximum atomic E-state index is 12.3.